The lowest BCUT2D eigenvalue weighted by Gasteiger charge is -2.10. The predicted octanol–water partition coefficient (Wildman–Crippen LogP) is 2.79. The number of anilines is 1. The van der Waals surface area contributed by atoms with Crippen molar-refractivity contribution in [2.75, 3.05) is 18.7 Å². The molecule has 1 aromatic carbocycles. The number of ether oxygens (including phenoxy) is 2. The van der Waals surface area contributed by atoms with Crippen LogP contribution >= 0.6 is 11.6 Å². The van der Waals surface area contributed by atoms with Crippen LogP contribution < -0.4 is 20.1 Å². The molecule has 0 aromatic heterocycles. The average molecular weight is 299 g/mol. The van der Waals surface area contributed by atoms with Crippen LogP contribution in [-0.2, 0) is 4.79 Å². The fraction of sp³-hybridized carbons (Fsp3) is 0.500. The van der Waals surface area contributed by atoms with Gasteiger partial charge in [0.25, 0.3) is 0 Å². The van der Waals surface area contributed by atoms with Crippen molar-refractivity contribution in [3.63, 3.8) is 0 Å². The fourth-order valence-corrected chi connectivity index (χ4v) is 2.07. The normalized spacial score (nSPS) is 12.8. The number of carbonyl (C=O) groups is 1. The second kappa shape index (κ2) is 6.81. The molecule has 2 N–H and O–H groups in total. The molecule has 0 atom stereocenters. The highest BCUT2D eigenvalue weighted by molar-refractivity contribution is 6.34. The molecule has 0 radical (unpaired) electrons. The van der Waals surface area contributed by atoms with Crippen molar-refractivity contribution < 1.29 is 14.3 Å². The van der Waals surface area contributed by atoms with Crippen LogP contribution in [0.15, 0.2) is 12.1 Å². The van der Waals surface area contributed by atoms with Gasteiger partial charge in [0.05, 0.1) is 10.7 Å². The van der Waals surface area contributed by atoms with E-state index in [0.717, 1.165) is 13.0 Å². The van der Waals surface area contributed by atoms with Crippen molar-refractivity contribution >= 4 is 23.2 Å². The molecule has 5 nitrogen and oxygen atoms in total. The van der Waals surface area contributed by atoms with Gasteiger partial charge in [0.15, 0.2) is 11.5 Å². The van der Waals surface area contributed by atoms with E-state index in [-0.39, 0.29) is 12.7 Å². The van der Waals surface area contributed by atoms with E-state index >= 15 is 0 Å². The Labute approximate surface area is 123 Å². The summed E-state index contributed by atoms with van der Waals surface area (Å²) >= 11 is 6.09. The molecule has 1 aliphatic heterocycles. The first-order valence-corrected chi connectivity index (χ1v) is 7.06. The molecule has 2 rings (SSSR count). The van der Waals surface area contributed by atoms with Gasteiger partial charge in [0, 0.05) is 24.6 Å². The average Bonchev–Trinajstić information content (AvgIpc) is 2.82. The molecule has 1 aromatic rings. The maximum absolute atomic E-state index is 11.8. The minimum atomic E-state index is -0.0590. The Hall–Kier alpha value is -1.46. The quantitative estimate of drug-likeness (QED) is 0.793. The number of carbonyl (C=O) groups excluding carboxylic acids is 1. The number of halogens is 1. The molecule has 1 amide bonds. The van der Waals surface area contributed by atoms with Crippen LogP contribution in [-0.4, -0.2) is 25.3 Å². The van der Waals surface area contributed by atoms with Gasteiger partial charge in [-0.3, -0.25) is 4.79 Å². The summed E-state index contributed by atoms with van der Waals surface area (Å²) in [6.45, 7) is 5.16. The molecule has 0 saturated heterocycles. The molecule has 0 saturated carbocycles. The lowest BCUT2D eigenvalue weighted by atomic mass is 10.2. The summed E-state index contributed by atoms with van der Waals surface area (Å²) in [5, 5.41) is 6.51. The molecule has 1 heterocycles. The van der Waals surface area contributed by atoms with Crippen LogP contribution in [0.1, 0.15) is 26.7 Å². The van der Waals surface area contributed by atoms with Gasteiger partial charge in [-0.15, -0.1) is 0 Å². The Kier molecular flexibility index (Phi) is 5.09. The summed E-state index contributed by atoms with van der Waals surface area (Å²) in [6, 6.07) is 3.77. The summed E-state index contributed by atoms with van der Waals surface area (Å²) in [4.78, 5) is 11.8. The first kappa shape index (κ1) is 14.9. The molecular weight excluding hydrogens is 280 g/mol. The number of hydrogen-bond acceptors (Lipinski definition) is 4. The molecule has 0 spiro atoms. The van der Waals surface area contributed by atoms with Crippen molar-refractivity contribution in [2.24, 2.45) is 0 Å². The lowest BCUT2D eigenvalue weighted by molar-refractivity contribution is -0.116. The van der Waals surface area contributed by atoms with Crippen molar-refractivity contribution in [2.45, 2.75) is 32.7 Å². The van der Waals surface area contributed by atoms with Gasteiger partial charge in [-0.1, -0.05) is 25.4 Å². The van der Waals surface area contributed by atoms with Crippen LogP contribution in [0.2, 0.25) is 5.02 Å². The molecule has 6 heteroatoms. The van der Waals surface area contributed by atoms with Gasteiger partial charge in [0.1, 0.15) is 0 Å². The monoisotopic (exact) mass is 298 g/mol. The van der Waals surface area contributed by atoms with Gasteiger partial charge in [-0.25, -0.2) is 0 Å². The minimum Gasteiger partial charge on any atom is -0.454 e. The summed E-state index contributed by atoms with van der Waals surface area (Å²) in [5.41, 5.74) is 0.553. The van der Waals surface area contributed by atoms with Gasteiger partial charge in [-0.2, -0.15) is 0 Å². The maximum atomic E-state index is 11.8. The largest absolute Gasteiger partial charge is 0.454 e. The van der Waals surface area contributed by atoms with E-state index in [2.05, 4.69) is 24.5 Å². The van der Waals surface area contributed by atoms with E-state index in [4.69, 9.17) is 21.1 Å². The standard InChI is InChI=1S/C14H19ClN2O3/c1-9(2)16-5-3-4-14(18)17-11-7-13-12(6-10(11)15)19-8-20-13/h6-7,9,16H,3-5,8H2,1-2H3,(H,17,18). The molecule has 20 heavy (non-hydrogen) atoms. The molecule has 0 bridgehead atoms. The summed E-state index contributed by atoms with van der Waals surface area (Å²) < 4.78 is 10.5. The Morgan fingerprint density at radius 3 is 2.75 bits per heavy atom. The molecule has 0 fully saturated rings. The highest BCUT2D eigenvalue weighted by Gasteiger charge is 2.17. The highest BCUT2D eigenvalue weighted by Crippen LogP contribution is 2.39. The first-order chi connectivity index (χ1) is 9.56. The number of hydrogen-bond donors (Lipinski definition) is 2. The Morgan fingerprint density at radius 1 is 1.35 bits per heavy atom. The molecule has 1 aliphatic rings. The van der Waals surface area contributed by atoms with Crippen molar-refractivity contribution in [3.8, 4) is 11.5 Å². The van der Waals surface area contributed by atoms with Crippen LogP contribution in [0.3, 0.4) is 0 Å². The summed E-state index contributed by atoms with van der Waals surface area (Å²) in [7, 11) is 0. The molecule has 110 valence electrons. The fourth-order valence-electron chi connectivity index (χ4n) is 1.87. The lowest BCUT2D eigenvalue weighted by Crippen LogP contribution is -2.24. The van der Waals surface area contributed by atoms with Crippen LogP contribution in [0, 0.1) is 0 Å². The maximum Gasteiger partial charge on any atom is 0.231 e. The Morgan fingerprint density at radius 2 is 2.05 bits per heavy atom. The van der Waals surface area contributed by atoms with E-state index < -0.39 is 0 Å². The number of benzene rings is 1. The highest BCUT2D eigenvalue weighted by atomic mass is 35.5. The zero-order valence-electron chi connectivity index (χ0n) is 11.7. The Balaban J connectivity index is 1.85. The zero-order valence-corrected chi connectivity index (χ0v) is 12.4. The van der Waals surface area contributed by atoms with E-state index in [1.54, 1.807) is 12.1 Å². The van der Waals surface area contributed by atoms with Crippen molar-refractivity contribution in [3.05, 3.63) is 17.2 Å². The third-order valence-electron chi connectivity index (χ3n) is 2.87. The van der Waals surface area contributed by atoms with E-state index in [9.17, 15) is 4.79 Å². The second-order valence-electron chi connectivity index (χ2n) is 4.95. The van der Waals surface area contributed by atoms with Crippen LogP contribution in [0.4, 0.5) is 5.69 Å². The summed E-state index contributed by atoms with van der Waals surface area (Å²) in [5.74, 6) is 1.15. The second-order valence-corrected chi connectivity index (χ2v) is 5.35. The topological polar surface area (TPSA) is 59.6 Å². The van der Waals surface area contributed by atoms with Gasteiger partial charge in [-0.05, 0) is 13.0 Å². The number of nitrogens with one attached hydrogen (secondary N) is 2. The SMILES string of the molecule is CC(C)NCCCC(=O)Nc1cc2c(cc1Cl)OCO2. The van der Waals surface area contributed by atoms with Crippen LogP contribution in [0.5, 0.6) is 11.5 Å². The van der Waals surface area contributed by atoms with E-state index in [1.165, 1.54) is 0 Å². The Bertz CT molecular complexity index is 492. The number of amides is 1. The zero-order chi connectivity index (χ0) is 14.5. The number of rotatable bonds is 6. The molecule has 0 unspecified atom stereocenters. The van der Waals surface area contributed by atoms with Crippen LogP contribution in [0.25, 0.3) is 0 Å². The molecular formula is C14H19ClN2O3. The summed E-state index contributed by atoms with van der Waals surface area (Å²) in [6.07, 6.45) is 1.23. The minimum absolute atomic E-state index is 0.0590. The first-order valence-electron chi connectivity index (χ1n) is 6.68. The van der Waals surface area contributed by atoms with Crippen molar-refractivity contribution in [1.29, 1.82) is 0 Å². The van der Waals surface area contributed by atoms with E-state index in [1.807, 2.05) is 0 Å². The van der Waals surface area contributed by atoms with Gasteiger partial charge >= 0.3 is 0 Å². The van der Waals surface area contributed by atoms with Gasteiger partial charge in [0.2, 0.25) is 12.7 Å². The molecule has 0 aliphatic carbocycles. The third kappa shape index (κ3) is 4.02. The third-order valence-corrected chi connectivity index (χ3v) is 3.18. The van der Waals surface area contributed by atoms with Gasteiger partial charge < -0.3 is 20.1 Å². The number of fused-ring (bicyclic) bond motifs is 1. The van der Waals surface area contributed by atoms with Crippen molar-refractivity contribution in [1.82, 2.24) is 5.32 Å². The van der Waals surface area contributed by atoms with E-state index in [0.29, 0.717) is 34.7 Å². The predicted molar refractivity (Wildman–Crippen MR) is 78.6 cm³/mol. The smallest absolute Gasteiger partial charge is 0.231 e.